The maximum absolute atomic E-state index is 12.7. The van der Waals surface area contributed by atoms with E-state index in [-0.39, 0.29) is 28.8 Å². The van der Waals surface area contributed by atoms with E-state index in [0.717, 1.165) is 4.57 Å². The smallest absolute Gasteiger partial charge is 0.335 e. The van der Waals surface area contributed by atoms with Crippen LogP contribution in [0.5, 0.6) is 0 Å². The van der Waals surface area contributed by atoms with Crippen LogP contribution in [0.1, 0.15) is 68.5 Å². The molecule has 2 fully saturated rings. The third kappa shape index (κ3) is 4.66. The Morgan fingerprint density at radius 3 is 2.11 bits per heavy atom. The molecule has 11 heteroatoms. The predicted octanol–water partition coefficient (Wildman–Crippen LogP) is 3.14. The Hall–Kier alpha value is -1.53. The maximum atomic E-state index is 12.7. The van der Waals surface area contributed by atoms with Crippen molar-refractivity contribution >= 4 is 17.1 Å². The first-order chi connectivity index (χ1) is 16.2. The molecule has 1 aromatic rings. The average Bonchev–Trinajstić information content (AvgIpc) is 2.98. The first-order valence-electron chi connectivity index (χ1n) is 12.4. The summed E-state index contributed by atoms with van der Waals surface area (Å²) in [6.45, 7) is 18.6. The molecule has 0 bridgehead atoms. The van der Waals surface area contributed by atoms with Gasteiger partial charge in [-0.3, -0.25) is 14.3 Å². The molecule has 2 aliphatic heterocycles. The highest BCUT2D eigenvalue weighted by Crippen LogP contribution is 2.50. The van der Waals surface area contributed by atoms with Gasteiger partial charge in [-0.1, -0.05) is 61.3 Å². The number of H-pyrrole nitrogens is 1. The fraction of sp³-hybridized carbons (Fsp3) is 0.750. The zero-order chi connectivity index (χ0) is 26.3. The van der Waals surface area contributed by atoms with Gasteiger partial charge in [-0.2, -0.15) is 0 Å². The molecule has 0 saturated carbocycles. The Labute approximate surface area is 209 Å². The minimum Gasteiger partial charge on any atom is -0.414 e. The third-order valence-electron chi connectivity index (χ3n) is 7.20. The highest BCUT2D eigenvalue weighted by atomic mass is 28.5. The van der Waals surface area contributed by atoms with Crippen molar-refractivity contribution in [3.8, 4) is 11.8 Å². The van der Waals surface area contributed by atoms with Gasteiger partial charge >= 0.3 is 22.8 Å². The summed E-state index contributed by atoms with van der Waals surface area (Å²) in [6.07, 6.45) is -1.50. The molecular formula is C24H40N2O7Si2. The van der Waals surface area contributed by atoms with E-state index in [2.05, 4.69) is 72.2 Å². The summed E-state index contributed by atoms with van der Waals surface area (Å²) in [6, 6.07) is 1.21. The largest absolute Gasteiger partial charge is 0.414 e. The van der Waals surface area contributed by atoms with Crippen molar-refractivity contribution in [3.05, 3.63) is 33.1 Å². The zero-order valence-corrected chi connectivity index (χ0v) is 24.2. The van der Waals surface area contributed by atoms with Crippen molar-refractivity contribution in [2.45, 2.75) is 109 Å². The summed E-state index contributed by atoms with van der Waals surface area (Å²) < 4.78 is 28.3. The molecule has 0 spiro atoms. The third-order valence-corrected chi connectivity index (χ3v) is 17.4. The van der Waals surface area contributed by atoms with Crippen molar-refractivity contribution in [3.63, 3.8) is 0 Å². The van der Waals surface area contributed by atoms with Crippen molar-refractivity contribution < 1.29 is 22.8 Å². The van der Waals surface area contributed by atoms with Crippen LogP contribution in [0.15, 0.2) is 21.9 Å². The lowest BCUT2D eigenvalue weighted by molar-refractivity contribution is -0.0751. The molecule has 2 saturated heterocycles. The molecule has 1 aromatic heterocycles. The molecule has 35 heavy (non-hydrogen) atoms. The number of aliphatic hydroxyl groups is 1. The number of nitrogens with zero attached hydrogens (tertiary/aromatic N) is 1. The molecule has 9 nitrogen and oxygen atoms in total. The van der Waals surface area contributed by atoms with Crippen LogP contribution >= 0.6 is 0 Å². The van der Waals surface area contributed by atoms with Crippen LogP contribution in [-0.4, -0.2) is 56.2 Å². The summed E-state index contributed by atoms with van der Waals surface area (Å²) in [4.78, 5) is 26.6. The van der Waals surface area contributed by atoms with Crippen LogP contribution in [-0.2, 0) is 17.7 Å². The summed E-state index contributed by atoms with van der Waals surface area (Å²) in [5.74, 6) is 5.65. The van der Waals surface area contributed by atoms with Crippen LogP contribution in [0.25, 0.3) is 0 Å². The van der Waals surface area contributed by atoms with Gasteiger partial charge in [0.2, 0.25) is 0 Å². The van der Waals surface area contributed by atoms with Gasteiger partial charge in [0.1, 0.15) is 12.2 Å². The number of ether oxygens (including phenoxy) is 1. The fourth-order valence-electron chi connectivity index (χ4n) is 5.40. The number of rotatable bonds is 5. The molecule has 0 radical (unpaired) electrons. The average molecular weight is 525 g/mol. The summed E-state index contributed by atoms with van der Waals surface area (Å²) in [7, 11) is -5.86. The van der Waals surface area contributed by atoms with Crippen LogP contribution < -0.4 is 11.2 Å². The molecular weight excluding hydrogens is 484 g/mol. The summed E-state index contributed by atoms with van der Waals surface area (Å²) in [5, 5.41) is 12.0. The summed E-state index contributed by atoms with van der Waals surface area (Å²) in [5.41, 5.74) is -2.71. The Balaban J connectivity index is 2.23. The van der Waals surface area contributed by atoms with Gasteiger partial charge in [-0.15, -0.1) is 5.92 Å². The van der Waals surface area contributed by atoms with Gasteiger partial charge in [0.25, 0.3) is 5.56 Å². The Morgan fingerprint density at radius 2 is 1.63 bits per heavy atom. The molecule has 0 aliphatic carbocycles. The molecule has 3 rings (SSSR count). The van der Waals surface area contributed by atoms with Crippen LogP contribution in [0.4, 0.5) is 0 Å². The van der Waals surface area contributed by atoms with Crippen molar-refractivity contribution in [2.75, 3.05) is 6.61 Å². The molecule has 3 heterocycles. The van der Waals surface area contributed by atoms with Gasteiger partial charge in [0.05, 0.1) is 6.61 Å². The number of hydrogen-bond donors (Lipinski definition) is 2. The minimum absolute atomic E-state index is 0.0444. The van der Waals surface area contributed by atoms with E-state index in [9.17, 15) is 14.7 Å². The Bertz CT molecular complexity index is 1070. The van der Waals surface area contributed by atoms with E-state index in [1.165, 1.54) is 12.3 Å². The number of fused-ring (bicyclic) bond motifs is 1. The lowest BCUT2D eigenvalue weighted by Gasteiger charge is -2.51. The van der Waals surface area contributed by atoms with Gasteiger partial charge in [0, 0.05) is 12.3 Å². The highest BCUT2D eigenvalue weighted by Gasteiger charge is 2.65. The monoisotopic (exact) mass is 524 g/mol. The lowest BCUT2D eigenvalue weighted by atomic mass is 9.94. The molecule has 2 N–H and O–H groups in total. The topological polar surface area (TPSA) is 112 Å². The van der Waals surface area contributed by atoms with Gasteiger partial charge in [-0.05, 0) is 29.1 Å². The highest BCUT2D eigenvalue weighted by molar-refractivity contribution is 6.84. The Morgan fingerprint density at radius 1 is 1.06 bits per heavy atom. The normalized spacial score (nSPS) is 30.2. The Kier molecular flexibility index (Phi) is 8.08. The molecule has 196 valence electrons. The zero-order valence-electron chi connectivity index (χ0n) is 22.2. The first kappa shape index (κ1) is 28.1. The van der Waals surface area contributed by atoms with E-state index in [0.29, 0.717) is 0 Å². The van der Waals surface area contributed by atoms with Crippen molar-refractivity contribution in [1.82, 2.24) is 9.55 Å². The van der Waals surface area contributed by atoms with E-state index in [4.69, 9.17) is 17.7 Å². The lowest BCUT2D eigenvalue weighted by Crippen LogP contribution is -2.67. The van der Waals surface area contributed by atoms with Crippen molar-refractivity contribution in [1.29, 1.82) is 0 Å². The van der Waals surface area contributed by atoms with E-state index in [1.807, 2.05) is 0 Å². The van der Waals surface area contributed by atoms with Crippen LogP contribution in [0.2, 0.25) is 22.2 Å². The molecule has 1 unspecified atom stereocenters. The standard InChI is InChI=1S/C24H40N2O7Si2/c1-10-12-24(29)21-19(31-22(24)26-13-11-20(27)25-23(26)28)14-30-34(15(2)3,16(4)5)33-35(32-21,17(6)7)18(8)9/h11,13,15-19,21-22,29H,14H2,1-9H3,(H,25,27,28)/t19-,21-,22?,24+/m1/s1. The maximum Gasteiger partial charge on any atom is 0.335 e. The van der Waals surface area contributed by atoms with E-state index < -0.39 is 52.4 Å². The number of hydrogen-bond acceptors (Lipinski definition) is 7. The minimum atomic E-state index is -3.05. The number of aromatic amines is 1. The SMILES string of the molecule is CC#C[C@@]1(O)C(n2ccc(=O)[nH]c2=O)O[C@@H]2CO[Si](C(C)C)(C(C)C)O[Si](C(C)C)(C(C)C)O[C@H]21. The van der Waals surface area contributed by atoms with E-state index in [1.54, 1.807) is 6.92 Å². The van der Waals surface area contributed by atoms with Gasteiger partial charge < -0.3 is 22.8 Å². The molecule has 4 atom stereocenters. The van der Waals surface area contributed by atoms with Crippen LogP contribution in [0.3, 0.4) is 0 Å². The quantitative estimate of drug-likeness (QED) is 0.449. The second-order valence-electron chi connectivity index (χ2n) is 10.8. The summed E-state index contributed by atoms with van der Waals surface area (Å²) >= 11 is 0. The predicted molar refractivity (Wildman–Crippen MR) is 137 cm³/mol. The number of aromatic nitrogens is 2. The first-order valence-corrected chi connectivity index (χ1v) is 16.3. The van der Waals surface area contributed by atoms with Crippen LogP contribution in [0, 0.1) is 11.8 Å². The van der Waals surface area contributed by atoms with E-state index >= 15 is 0 Å². The second-order valence-corrected chi connectivity index (χ2v) is 19.6. The molecule has 2 aliphatic rings. The van der Waals surface area contributed by atoms with Gasteiger partial charge in [-0.25, -0.2) is 4.79 Å². The van der Waals surface area contributed by atoms with Gasteiger partial charge in [0.15, 0.2) is 11.8 Å². The van der Waals surface area contributed by atoms with Crippen molar-refractivity contribution in [2.24, 2.45) is 0 Å². The second kappa shape index (κ2) is 10.1. The fourth-order valence-corrected chi connectivity index (χ4v) is 16.6. The molecule has 0 amide bonds. The number of nitrogens with one attached hydrogen (secondary N) is 1. The molecule has 0 aromatic carbocycles.